The van der Waals surface area contributed by atoms with Gasteiger partial charge in [0, 0.05) is 27.6 Å². The first-order valence-corrected chi connectivity index (χ1v) is 9.74. The van der Waals surface area contributed by atoms with Crippen LogP contribution in [0.4, 0.5) is 5.69 Å². The average Bonchev–Trinajstić information content (AvgIpc) is 3.26. The third-order valence-corrected chi connectivity index (χ3v) is 6.19. The van der Waals surface area contributed by atoms with E-state index in [1.807, 2.05) is 35.6 Å². The number of hydrogen-bond donors (Lipinski definition) is 1. The van der Waals surface area contributed by atoms with Crippen LogP contribution >= 0.6 is 27.3 Å². The summed E-state index contributed by atoms with van der Waals surface area (Å²) >= 11 is 5.28. The van der Waals surface area contributed by atoms with Gasteiger partial charge in [-0.2, -0.15) is 0 Å². The van der Waals surface area contributed by atoms with Crippen molar-refractivity contribution < 1.29 is 4.79 Å². The van der Waals surface area contributed by atoms with Gasteiger partial charge in [-0.1, -0.05) is 15.9 Å². The molecular formula is C18H19BrN2OS. The van der Waals surface area contributed by atoms with Crippen LogP contribution in [0, 0.1) is 5.92 Å². The highest BCUT2D eigenvalue weighted by molar-refractivity contribution is 9.10. The highest BCUT2D eigenvalue weighted by Crippen LogP contribution is 2.48. The maximum atomic E-state index is 12.4. The van der Waals surface area contributed by atoms with E-state index >= 15 is 0 Å². The molecule has 1 saturated carbocycles. The van der Waals surface area contributed by atoms with Gasteiger partial charge in [-0.25, -0.2) is 0 Å². The van der Waals surface area contributed by atoms with Gasteiger partial charge in [0.15, 0.2) is 0 Å². The van der Waals surface area contributed by atoms with E-state index in [0.29, 0.717) is 12.6 Å². The lowest BCUT2D eigenvalue weighted by molar-refractivity contribution is -0.118. The van der Waals surface area contributed by atoms with Crippen molar-refractivity contribution in [3.63, 3.8) is 0 Å². The van der Waals surface area contributed by atoms with E-state index in [4.69, 9.17) is 0 Å². The summed E-state index contributed by atoms with van der Waals surface area (Å²) < 4.78 is 1.02. The maximum absolute atomic E-state index is 12.4. The number of nitrogens with one attached hydrogen (secondary N) is 1. The van der Waals surface area contributed by atoms with Crippen LogP contribution in [0.25, 0.3) is 0 Å². The van der Waals surface area contributed by atoms with E-state index in [-0.39, 0.29) is 5.91 Å². The summed E-state index contributed by atoms with van der Waals surface area (Å²) in [7, 11) is 0. The average molecular weight is 391 g/mol. The number of amides is 1. The van der Waals surface area contributed by atoms with Crippen molar-refractivity contribution in [2.24, 2.45) is 5.92 Å². The van der Waals surface area contributed by atoms with Crippen LogP contribution in [-0.2, 0) is 11.2 Å². The summed E-state index contributed by atoms with van der Waals surface area (Å²) in [5, 5.41) is 5.22. The lowest BCUT2D eigenvalue weighted by Crippen LogP contribution is -2.41. The Morgan fingerprint density at radius 2 is 2.04 bits per heavy atom. The predicted octanol–water partition coefficient (Wildman–Crippen LogP) is 4.46. The number of carbonyl (C=O) groups is 1. The summed E-state index contributed by atoms with van der Waals surface area (Å²) in [4.78, 5) is 16.3. The van der Waals surface area contributed by atoms with E-state index in [2.05, 4.69) is 37.6 Å². The molecule has 23 heavy (non-hydrogen) atoms. The summed E-state index contributed by atoms with van der Waals surface area (Å²) in [6.45, 7) is 1.47. The second-order valence-electron chi connectivity index (χ2n) is 6.36. The SMILES string of the molecule is O=C(CN1CCc2sccc2[C@@H]1C1CC1)Nc1ccc(Br)cc1. The Bertz CT molecular complexity index is 708. The van der Waals surface area contributed by atoms with Crippen LogP contribution < -0.4 is 5.32 Å². The molecule has 1 atom stereocenters. The zero-order valence-electron chi connectivity index (χ0n) is 12.8. The third kappa shape index (κ3) is 3.37. The lowest BCUT2D eigenvalue weighted by Gasteiger charge is -2.35. The zero-order chi connectivity index (χ0) is 15.8. The first-order chi connectivity index (χ1) is 11.2. The minimum Gasteiger partial charge on any atom is -0.325 e. The van der Waals surface area contributed by atoms with Crippen molar-refractivity contribution in [2.45, 2.75) is 25.3 Å². The van der Waals surface area contributed by atoms with E-state index < -0.39 is 0 Å². The van der Waals surface area contributed by atoms with Gasteiger partial charge in [0.1, 0.15) is 0 Å². The van der Waals surface area contributed by atoms with E-state index in [1.54, 1.807) is 0 Å². The number of halogens is 1. The largest absolute Gasteiger partial charge is 0.325 e. The van der Waals surface area contributed by atoms with Crippen molar-refractivity contribution in [3.8, 4) is 0 Å². The molecular weight excluding hydrogens is 372 g/mol. The molecule has 1 aliphatic heterocycles. The van der Waals surface area contributed by atoms with Crippen LogP contribution in [-0.4, -0.2) is 23.9 Å². The van der Waals surface area contributed by atoms with Crippen LogP contribution in [0.15, 0.2) is 40.2 Å². The molecule has 5 heteroatoms. The van der Waals surface area contributed by atoms with Gasteiger partial charge in [-0.05, 0) is 66.5 Å². The second kappa shape index (κ2) is 6.38. The van der Waals surface area contributed by atoms with E-state index in [1.165, 1.54) is 23.3 Å². The number of fused-ring (bicyclic) bond motifs is 1. The van der Waals surface area contributed by atoms with Crippen molar-refractivity contribution in [1.82, 2.24) is 4.90 Å². The quantitative estimate of drug-likeness (QED) is 0.835. The summed E-state index contributed by atoms with van der Waals surface area (Å²) in [5.41, 5.74) is 2.33. The van der Waals surface area contributed by atoms with Crippen LogP contribution in [0.1, 0.15) is 29.3 Å². The number of carbonyl (C=O) groups excluding carboxylic acids is 1. The molecule has 1 aliphatic carbocycles. The molecule has 1 amide bonds. The summed E-state index contributed by atoms with van der Waals surface area (Å²) in [6, 6.07) is 10.5. The standard InChI is InChI=1S/C18H19BrN2OS/c19-13-3-5-14(6-4-13)20-17(22)11-21-9-7-16-15(8-10-23-16)18(21)12-1-2-12/h3-6,8,10,12,18H,1-2,7,9,11H2,(H,20,22)/t18-/m0/s1. The number of hydrogen-bond acceptors (Lipinski definition) is 3. The van der Waals surface area contributed by atoms with Crippen molar-refractivity contribution in [3.05, 3.63) is 50.6 Å². The van der Waals surface area contributed by atoms with Gasteiger partial charge in [0.25, 0.3) is 0 Å². The van der Waals surface area contributed by atoms with Gasteiger partial charge in [0.05, 0.1) is 6.54 Å². The van der Waals surface area contributed by atoms with Crippen molar-refractivity contribution in [2.75, 3.05) is 18.4 Å². The number of anilines is 1. The first-order valence-electron chi connectivity index (χ1n) is 8.06. The molecule has 120 valence electrons. The summed E-state index contributed by atoms with van der Waals surface area (Å²) in [6.07, 6.45) is 3.66. The number of thiophene rings is 1. The Kier molecular flexibility index (Phi) is 4.26. The first kappa shape index (κ1) is 15.4. The molecule has 0 saturated heterocycles. The molecule has 4 rings (SSSR count). The Morgan fingerprint density at radius 1 is 1.26 bits per heavy atom. The smallest absolute Gasteiger partial charge is 0.238 e. The molecule has 3 nitrogen and oxygen atoms in total. The van der Waals surface area contributed by atoms with Crippen molar-refractivity contribution >= 4 is 38.9 Å². The molecule has 0 radical (unpaired) electrons. The van der Waals surface area contributed by atoms with Crippen LogP contribution in [0.5, 0.6) is 0 Å². The van der Waals surface area contributed by atoms with Gasteiger partial charge in [0.2, 0.25) is 5.91 Å². The van der Waals surface area contributed by atoms with Gasteiger partial charge in [-0.3, -0.25) is 9.69 Å². The minimum atomic E-state index is 0.0802. The number of benzene rings is 1. The van der Waals surface area contributed by atoms with Crippen LogP contribution in [0.2, 0.25) is 0 Å². The zero-order valence-corrected chi connectivity index (χ0v) is 15.2. The molecule has 1 fully saturated rings. The number of nitrogens with zero attached hydrogens (tertiary/aromatic N) is 1. The lowest BCUT2D eigenvalue weighted by atomic mass is 9.96. The molecule has 0 bridgehead atoms. The molecule has 1 aromatic carbocycles. The normalized spacial score (nSPS) is 21.0. The fraction of sp³-hybridized carbons (Fsp3) is 0.389. The maximum Gasteiger partial charge on any atom is 0.238 e. The van der Waals surface area contributed by atoms with E-state index in [9.17, 15) is 4.79 Å². The van der Waals surface area contributed by atoms with Gasteiger partial charge in [-0.15, -0.1) is 11.3 Å². The Morgan fingerprint density at radius 3 is 2.78 bits per heavy atom. The Labute approximate surface area is 148 Å². The Balaban J connectivity index is 1.45. The Hall–Kier alpha value is -1.17. The molecule has 1 N–H and O–H groups in total. The summed E-state index contributed by atoms with van der Waals surface area (Å²) in [5.74, 6) is 0.820. The molecule has 0 spiro atoms. The molecule has 2 aromatic rings. The fourth-order valence-electron chi connectivity index (χ4n) is 3.46. The van der Waals surface area contributed by atoms with Gasteiger partial charge >= 0.3 is 0 Å². The molecule has 1 aromatic heterocycles. The third-order valence-electron chi connectivity index (χ3n) is 4.66. The topological polar surface area (TPSA) is 32.3 Å². The van der Waals surface area contributed by atoms with Gasteiger partial charge < -0.3 is 5.32 Å². The van der Waals surface area contributed by atoms with E-state index in [0.717, 1.165) is 29.0 Å². The number of rotatable bonds is 4. The highest BCUT2D eigenvalue weighted by Gasteiger charge is 2.40. The highest BCUT2D eigenvalue weighted by atomic mass is 79.9. The fourth-order valence-corrected chi connectivity index (χ4v) is 4.64. The second-order valence-corrected chi connectivity index (χ2v) is 8.27. The monoisotopic (exact) mass is 390 g/mol. The van der Waals surface area contributed by atoms with Crippen LogP contribution in [0.3, 0.4) is 0 Å². The predicted molar refractivity (Wildman–Crippen MR) is 97.8 cm³/mol. The van der Waals surface area contributed by atoms with Crippen molar-refractivity contribution in [1.29, 1.82) is 0 Å². The molecule has 2 aliphatic rings. The molecule has 2 heterocycles. The minimum absolute atomic E-state index is 0.0802. The molecule has 0 unspecified atom stereocenters.